The van der Waals surface area contributed by atoms with Gasteiger partial charge in [0.2, 0.25) is 0 Å². The molecule has 1 aliphatic rings. The van der Waals surface area contributed by atoms with Gasteiger partial charge in [0, 0.05) is 12.7 Å². The number of aromatic nitrogens is 1. The quantitative estimate of drug-likeness (QED) is 0.874. The number of carboxylic acid groups (broad SMARTS) is 1. The molecule has 0 aliphatic carbocycles. The molecule has 1 fully saturated rings. The maximum absolute atomic E-state index is 11.0. The minimum absolute atomic E-state index is 0.0879. The third-order valence-corrected chi connectivity index (χ3v) is 4.21. The zero-order valence-corrected chi connectivity index (χ0v) is 12.4. The van der Waals surface area contributed by atoms with Crippen LogP contribution in [-0.4, -0.2) is 47.1 Å². The number of nitrogens with one attached hydrogen (secondary N) is 1. The first-order valence-corrected chi connectivity index (χ1v) is 7.33. The summed E-state index contributed by atoms with van der Waals surface area (Å²) in [4.78, 5) is 17.6. The Morgan fingerprint density at radius 2 is 2.25 bits per heavy atom. The first-order valence-electron chi connectivity index (χ1n) is 6.95. The largest absolute Gasteiger partial charge is 0.478 e. The monoisotopic (exact) mass is 297 g/mol. The number of carboxylic acids is 1. The minimum Gasteiger partial charge on any atom is -0.478 e. The highest BCUT2D eigenvalue weighted by Crippen LogP contribution is 2.25. The summed E-state index contributed by atoms with van der Waals surface area (Å²) < 4.78 is 0. The van der Waals surface area contributed by atoms with Crippen LogP contribution in [-0.2, 0) is 0 Å². The molecule has 20 heavy (non-hydrogen) atoms. The average Bonchev–Trinajstić information content (AvgIpc) is 2.46. The molecule has 5 nitrogen and oxygen atoms in total. The van der Waals surface area contributed by atoms with E-state index < -0.39 is 5.97 Å². The molecule has 1 aromatic heterocycles. The van der Waals surface area contributed by atoms with Crippen molar-refractivity contribution >= 4 is 23.4 Å². The predicted molar refractivity (Wildman–Crippen MR) is 79.5 cm³/mol. The lowest BCUT2D eigenvalue weighted by atomic mass is 9.97. The zero-order valence-electron chi connectivity index (χ0n) is 11.6. The molecule has 0 bridgehead atoms. The van der Waals surface area contributed by atoms with E-state index in [0.717, 1.165) is 39.0 Å². The van der Waals surface area contributed by atoms with Crippen molar-refractivity contribution in [3.05, 3.63) is 22.8 Å². The normalized spacial score (nSPS) is 17.1. The van der Waals surface area contributed by atoms with Gasteiger partial charge in [-0.1, -0.05) is 18.5 Å². The van der Waals surface area contributed by atoms with Crippen LogP contribution in [0.1, 0.15) is 30.1 Å². The van der Waals surface area contributed by atoms with Crippen molar-refractivity contribution in [1.29, 1.82) is 0 Å². The van der Waals surface area contributed by atoms with Gasteiger partial charge in [-0.05, 0) is 44.5 Å². The Labute approximate surface area is 123 Å². The predicted octanol–water partition coefficient (Wildman–Crippen LogP) is 2.58. The number of likely N-dealkylation sites (tertiary alicyclic amines) is 1. The van der Waals surface area contributed by atoms with E-state index >= 15 is 0 Å². The Balaban J connectivity index is 1.92. The molecular formula is C14H20ClN3O2. The van der Waals surface area contributed by atoms with Crippen LogP contribution in [0.3, 0.4) is 0 Å². The molecule has 1 aliphatic heterocycles. The number of hydrogen-bond acceptors (Lipinski definition) is 4. The molecular weight excluding hydrogens is 278 g/mol. The third kappa shape index (κ3) is 3.61. The van der Waals surface area contributed by atoms with Gasteiger partial charge in [0.25, 0.3) is 0 Å². The van der Waals surface area contributed by atoms with Crippen LogP contribution >= 0.6 is 11.6 Å². The molecule has 6 heteroatoms. The van der Waals surface area contributed by atoms with Crippen LogP contribution in [0.5, 0.6) is 0 Å². The number of hydrogen-bond donors (Lipinski definition) is 2. The van der Waals surface area contributed by atoms with Crippen molar-refractivity contribution in [2.24, 2.45) is 5.92 Å². The number of pyridine rings is 1. The third-order valence-electron chi connectivity index (χ3n) is 3.83. The van der Waals surface area contributed by atoms with E-state index in [1.165, 1.54) is 12.3 Å². The van der Waals surface area contributed by atoms with Gasteiger partial charge in [0.15, 0.2) is 0 Å². The molecule has 1 saturated heterocycles. The molecule has 0 unspecified atom stereocenters. The van der Waals surface area contributed by atoms with E-state index in [1.54, 1.807) is 0 Å². The van der Waals surface area contributed by atoms with E-state index in [2.05, 4.69) is 22.1 Å². The van der Waals surface area contributed by atoms with E-state index in [4.69, 9.17) is 16.7 Å². The molecule has 110 valence electrons. The van der Waals surface area contributed by atoms with Gasteiger partial charge in [0.05, 0.1) is 10.6 Å². The van der Waals surface area contributed by atoms with Gasteiger partial charge in [-0.25, -0.2) is 9.78 Å². The molecule has 2 N–H and O–H groups in total. The van der Waals surface area contributed by atoms with Crippen molar-refractivity contribution in [3.63, 3.8) is 0 Å². The van der Waals surface area contributed by atoms with E-state index in [-0.39, 0.29) is 10.6 Å². The Bertz CT molecular complexity index is 473. The summed E-state index contributed by atoms with van der Waals surface area (Å²) in [5, 5.41) is 12.4. The van der Waals surface area contributed by atoms with Crippen LogP contribution in [0.25, 0.3) is 0 Å². The van der Waals surface area contributed by atoms with Crippen molar-refractivity contribution in [2.75, 3.05) is 31.5 Å². The fourth-order valence-corrected chi connectivity index (χ4v) is 2.74. The smallest absolute Gasteiger partial charge is 0.337 e. The number of rotatable bonds is 5. The van der Waals surface area contributed by atoms with E-state index in [0.29, 0.717) is 11.7 Å². The van der Waals surface area contributed by atoms with Crippen molar-refractivity contribution in [1.82, 2.24) is 9.88 Å². The lowest BCUT2D eigenvalue weighted by molar-refractivity contribution is 0.0697. The van der Waals surface area contributed by atoms with Gasteiger partial charge < -0.3 is 15.3 Å². The first kappa shape index (κ1) is 15.1. The molecule has 0 radical (unpaired) electrons. The summed E-state index contributed by atoms with van der Waals surface area (Å²) in [5.74, 6) is 0.0188. The summed E-state index contributed by atoms with van der Waals surface area (Å²) in [5.41, 5.74) is 0.0879. The molecule has 0 saturated carbocycles. The first-order chi connectivity index (χ1) is 9.61. The highest BCUT2D eigenvalue weighted by Gasteiger charge is 2.19. The van der Waals surface area contributed by atoms with Gasteiger partial charge >= 0.3 is 5.97 Å². The van der Waals surface area contributed by atoms with Crippen LogP contribution < -0.4 is 5.32 Å². The second kappa shape index (κ2) is 6.90. The molecule has 2 heterocycles. The second-order valence-electron chi connectivity index (χ2n) is 5.08. The SMILES string of the molecule is CCN1CCC(CNc2nccc(C(=O)O)c2Cl)CC1. The lowest BCUT2D eigenvalue weighted by Gasteiger charge is -2.31. The van der Waals surface area contributed by atoms with Gasteiger partial charge in [-0.2, -0.15) is 0 Å². The van der Waals surface area contributed by atoms with Crippen LogP contribution in [0.15, 0.2) is 12.3 Å². The maximum atomic E-state index is 11.0. The number of halogens is 1. The molecule has 2 rings (SSSR count). The molecule has 0 spiro atoms. The number of aromatic carboxylic acids is 1. The molecule has 0 aromatic carbocycles. The fraction of sp³-hybridized carbons (Fsp3) is 0.571. The topological polar surface area (TPSA) is 65.5 Å². The van der Waals surface area contributed by atoms with Crippen molar-refractivity contribution < 1.29 is 9.90 Å². The van der Waals surface area contributed by atoms with E-state index in [9.17, 15) is 4.79 Å². The number of anilines is 1. The average molecular weight is 298 g/mol. The van der Waals surface area contributed by atoms with Crippen LogP contribution in [0.4, 0.5) is 5.82 Å². The highest BCUT2D eigenvalue weighted by atomic mass is 35.5. The van der Waals surface area contributed by atoms with Gasteiger partial charge in [-0.15, -0.1) is 0 Å². The maximum Gasteiger partial charge on any atom is 0.337 e. The zero-order chi connectivity index (χ0) is 14.5. The van der Waals surface area contributed by atoms with Gasteiger partial charge in [-0.3, -0.25) is 0 Å². The van der Waals surface area contributed by atoms with Crippen LogP contribution in [0.2, 0.25) is 5.02 Å². The summed E-state index contributed by atoms with van der Waals surface area (Å²) in [7, 11) is 0. The van der Waals surface area contributed by atoms with Crippen molar-refractivity contribution in [3.8, 4) is 0 Å². The summed E-state index contributed by atoms with van der Waals surface area (Å²) in [6.07, 6.45) is 3.77. The van der Waals surface area contributed by atoms with Crippen LogP contribution in [0, 0.1) is 5.92 Å². The number of carbonyl (C=O) groups is 1. The Morgan fingerprint density at radius 3 is 2.85 bits per heavy atom. The van der Waals surface area contributed by atoms with Crippen molar-refractivity contribution in [2.45, 2.75) is 19.8 Å². The Morgan fingerprint density at radius 1 is 1.55 bits per heavy atom. The minimum atomic E-state index is -1.03. The molecule has 1 aromatic rings. The molecule has 0 atom stereocenters. The summed E-state index contributed by atoms with van der Waals surface area (Å²) in [6, 6.07) is 1.41. The lowest BCUT2D eigenvalue weighted by Crippen LogP contribution is -2.35. The summed E-state index contributed by atoms with van der Waals surface area (Å²) >= 11 is 6.05. The number of piperidine rings is 1. The Kier molecular flexibility index (Phi) is 5.20. The highest BCUT2D eigenvalue weighted by molar-refractivity contribution is 6.35. The van der Waals surface area contributed by atoms with E-state index in [1.807, 2.05) is 0 Å². The fourth-order valence-electron chi connectivity index (χ4n) is 2.48. The van der Waals surface area contributed by atoms with Gasteiger partial charge in [0.1, 0.15) is 5.82 Å². The second-order valence-corrected chi connectivity index (χ2v) is 5.46. The molecule has 0 amide bonds. The Hall–Kier alpha value is -1.33. The standard InChI is InChI=1S/C14H20ClN3O2/c1-2-18-7-4-10(5-8-18)9-17-13-12(15)11(14(19)20)3-6-16-13/h3,6,10H,2,4-5,7-9H2,1H3,(H,16,17)(H,19,20). The number of nitrogens with zero attached hydrogens (tertiary/aromatic N) is 2. The summed E-state index contributed by atoms with van der Waals surface area (Å²) in [6.45, 7) is 6.32.